The standard InChI is InChI=1S/C19H25F4N3O/c1-24(2)18(27)12-25-8-14-3-5-15(11-25)26(10-14)9-13-4-6-17(20)16(7-13)19(21,22)23/h4,6-7,14-15H,3,5,8-12H2,1-2H3/t14-,15+/m0/s1. The van der Waals surface area contributed by atoms with Gasteiger partial charge in [-0.05, 0) is 36.5 Å². The van der Waals surface area contributed by atoms with Crippen molar-refractivity contribution >= 4 is 5.91 Å². The van der Waals surface area contributed by atoms with Crippen molar-refractivity contribution < 1.29 is 22.4 Å². The zero-order valence-corrected chi connectivity index (χ0v) is 15.6. The van der Waals surface area contributed by atoms with Gasteiger partial charge in [-0.3, -0.25) is 14.6 Å². The predicted octanol–water partition coefficient (Wildman–Crippen LogP) is 2.83. The van der Waals surface area contributed by atoms with Crippen LogP contribution >= 0.6 is 0 Å². The predicted molar refractivity (Wildman–Crippen MR) is 93.5 cm³/mol. The quantitative estimate of drug-likeness (QED) is 0.744. The van der Waals surface area contributed by atoms with Gasteiger partial charge in [0.1, 0.15) is 5.82 Å². The molecule has 1 aromatic carbocycles. The van der Waals surface area contributed by atoms with Crippen molar-refractivity contribution in [2.24, 2.45) is 5.92 Å². The summed E-state index contributed by atoms with van der Waals surface area (Å²) in [5, 5.41) is 0. The SMILES string of the molecule is CN(C)C(=O)CN1C[C@@H]2CC[C@H](C1)N(Cc1ccc(F)c(C(F)(F)F)c1)C2. The first kappa shape index (κ1) is 20.1. The minimum absolute atomic E-state index is 0.0520. The highest BCUT2D eigenvalue weighted by molar-refractivity contribution is 5.77. The number of benzene rings is 1. The molecule has 3 saturated heterocycles. The molecular weight excluding hydrogens is 362 g/mol. The molecule has 4 nitrogen and oxygen atoms in total. The molecule has 0 saturated carbocycles. The lowest BCUT2D eigenvalue weighted by molar-refractivity contribution is -0.140. The summed E-state index contributed by atoms with van der Waals surface area (Å²) in [4.78, 5) is 17.9. The highest BCUT2D eigenvalue weighted by Crippen LogP contribution is 2.33. The summed E-state index contributed by atoms with van der Waals surface area (Å²) in [6.07, 6.45) is -2.67. The number of alkyl halides is 3. The maximum Gasteiger partial charge on any atom is 0.419 e. The lowest BCUT2D eigenvalue weighted by Crippen LogP contribution is -2.44. The Morgan fingerprint density at radius 3 is 2.59 bits per heavy atom. The molecule has 0 aromatic heterocycles. The van der Waals surface area contributed by atoms with Gasteiger partial charge in [0, 0.05) is 46.3 Å². The summed E-state index contributed by atoms with van der Waals surface area (Å²) in [6, 6.07) is 3.44. The Morgan fingerprint density at radius 1 is 1.19 bits per heavy atom. The molecule has 0 unspecified atom stereocenters. The van der Waals surface area contributed by atoms with E-state index in [0.29, 0.717) is 24.6 Å². The lowest BCUT2D eigenvalue weighted by Gasteiger charge is -2.36. The number of halogens is 4. The lowest BCUT2D eigenvalue weighted by atomic mass is 9.94. The maximum atomic E-state index is 13.5. The number of hydrogen-bond acceptors (Lipinski definition) is 3. The molecular formula is C19H25F4N3O. The van der Waals surface area contributed by atoms with Crippen LogP contribution in [0.2, 0.25) is 0 Å². The number of likely N-dealkylation sites (N-methyl/N-ethyl adjacent to an activating group) is 1. The zero-order valence-electron chi connectivity index (χ0n) is 15.6. The average molecular weight is 387 g/mol. The van der Waals surface area contributed by atoms with Gasteiger partial charge in [0.25, 0.3) is 0 Å². The number of amides is 1. The van der Waals surface area contributed by atoms with Gasteiger partial charge in [-0.1, -0.05) is 6.07 Å². The molecule has 1 aromatic rings. The third kappa shape index (κ3) is 4.79. The summed E-state index contributed by atoms with van der Waals surface area (Å²) in [6.45, 7) is 3.06. The second-order valence-electron chi connectivity index (χ2n) is 7.82. The average Bonchev–Trinajstić information content (AvgIpc) is 2.86. The molecule has 2 atom stereocenters. The van der Waals surface area contributed by atoms with E-state index in [2.05, 4.69) is 9.80 Å². The number of carbonyl (C=O) groups is 1. The molecule has 0 aliphatic carbocycles. The Labute approximate surface area is 156 Å². The molecule has 150 valence electrons. The molecule has 8 heteroatoms. The molecule has 3 aliphatic heterocycles. The minimum atomic E-state index is -4.69. The van der Waals surface area contributed by atoms with Crippen molar-refractivity contribution in [2.45, 2.75) is 31.6 Å². The number of carbonyl (C=O) groups excluding carboxylic acids is 1. The molecule has 0 N–H and O–H groups in total. The van der Waals surface area contributed by atoms with Crippen molar-refractivity contribution in [2.75, 3.05) is 40.3 Å². The van der Waals surface area contributed by atoms with Gasteiger partial charge in [0.05, 0.1) is 12.1 Å². The smallest absolute Gasteiger partial charge is 0.348 e. The largest absolute Gasteiger partial charge is 0.419 e. The number of fused-ring (bicyclic) bond motifs is 4. The number of piperidine rings is 1. The first-order chi connectivity index (χ1) is 12.6. The first-order valence-corrected chi connectivity index (χ1v) is 9.15. The Hall–Kier alpha value is -1.67. The Bertz CT molecular complexity index is 692. The van der Waals surface area contributed by atoms with E-state index in [1.165, 1.54) is 6.07 Å². The second kappa shape index (κ2) is 7.75. The monoisotopic (exact) mass is 387 g/mol. The minimum Gasteiger partial charge on any atom is -0.348 e. The van der Waals surface area contributed by atoms with Crippen molar-refractivity contribution in [1.29, 1.82) is 0 Å². The van der Waals surface area contributed by atoms with Crippen molar-refractivity contribution in [3.63, 3.8) is 0 Å². The molecule has 0 radical (unpaired) electrons. The molecule has 4 rings (SSSR count). The van der Waals surface area contributed by atoms with Gasteiger partial charge in [0.15, 0.2) is 0 Å². The third-order valence-corrected chi connectivity index (χ3v) is 5.48. The topological polar surface area (TPSA) is 26.8 Å². The third-order valence-electron chi connectivity index (χ3n) is 5.48. The van der Waals surface area contributed by atoms with Crippen LogP contribution in [-0.4, -0.2) is 66.9 Å². The van der Waals surface area contributed by atoms with Crippen LogP contribution in [0.1, 0.15) is 24.0 Å². The Balaban J connectivity index is 1.71. The van der Waals surface area contributed by atoms with Crippen LogP contribution in [0, 0.1) is 11.7 Å². The maximum absolute atomic E-state index is 13.5. The normalized spacial score (nSPS) is 24.1. The molecule has 3 heterocycles. The highest BCUT2D eigenvalue weighted by atomic mass is 19.4. The van der Waals surface area contributed by atoms with Gasteiger partial charge in [-0.2, -0.15) is 13.2 Å². The van der Waals surface area contributed by atoms with Gasteiger partial charge < -0.3 is 4.90 Å². The molecule has 1 amide bonds. The Kier molecular flexibility index (Phi) is 5.76. The van der Waals surface area contributed by atoms with Crippen LogP contribution < -0.4 is 0 Å². The molecule has 3 fully saturated rings. The fraction of sp³-hybridized carbons (Fsp3) is 0.632. The van der Waals surface area contributed by atoms with Crippen LogP contribution in [0.15, 0.2) is 18.2 Å². The zero-order chi connectivity index (χ0) is 19.8. The van der Waals surface area contributed by atoms with Crippen LogP contribution in [0.3, 0.4) is 0 Å². The highest BCUT2D eigenvalue weighted by Gasteiger charge is 2.37. The number of nitrogens with zero attached hydrogens (tertiary/aromatic N) is 3. The van der Waals surface area contributed by atoms with Crippen LogP contribution in [0.5, 0.6) is 0 Å². The molecule has 3 aliphatic rings. The van der Waals surface area contributed by atoms with Crippen molar-refractivity contribution in [3.8, 4) is 0 Å². The fourth-order valence-corrected chi connectivity index (χ4v) is 4.05. The van der Waals surface area contributed by atoms with Gasteiger partial charge >= 0.3 is 6.18 Å². The van der Waals surface area contributed by atoms with E-state index in [-0.39, 0.29) is 11.9 Å². The summed E-state index contributed by atoms with van der Waals surface area (Å²) < 4.78 is 52.4. The second-order valence-corrected chi connectivity index (χ2v) is 7.82. The van der Waals surface area contributed by atoms with Crippen LogP contribution in [0.25, 0.3) is 0 Å². The van der Waals surface area contributed by atoms with E-state index >= 15 is 0 Å². The summed E-state index contributed by atoms with van der Waals surface area (Å²) >= 11 is 0. The van der Waals surface area contributed by atoms with Crippen LogP contribution in [-0.2, 0) is 17.5 Å². The number of rotatable bonds is 4. The summed E-state index contributed by atoms with van der Waals surface area (Å²) in [5.41, 5.74) is -0.745. The van der Waals surface area contributed by atoms with E-state index in [4.69, 9.17) is 0 Å². The molecule has 27 heavy (non-hydrogen) atoms. The van der Waals surface area contributed by atoms with E-state index in [9.17, 15) is 22.4 Å². The van der Waals surface area contributed by atoms with Crippen molar-refractivity contribution in [1.82, 2.24) is 14.7 Å². The number of hydrogen-bond donors (Lipinski definition) is 0. The summed E-state index contributed by atoms with van der Waals surface area (Å²) in [7, 11) is 3.46. The van der Waals surface area contributed by atoms with Crippen LogP contribution in [0.4, 0.5) is 17.6 Å². The van der Waals surface area contributed by atoms with E-state index < -0.39 is 17.6 Å². The van der Waals surface area contributed by atoms with Gasteiger partial charge in [-0.15, -0.1) is 0 Å². The van der Waals surface area contributed by atoms with Crippen molar-refractivity contribution in [3.05, 3.63) is 35.1 Å². The van der Waals surface area contributed by atoms with E-state index in [1.807, 2.05) is 0 Å². The Morgan fingerprint density at radius 2 is 1.93 bits per heavy atom. The van der Waals surface area contributed by atoms with E-state index in [0.717, 1.165) is 44.6 Å². The molecule has 2 bridgehead atoms. The summed E-state index contributed by atoms with van der Waals surface area (Å²) in [5.74, 6) is -0.797. The van der Waals surface area contributed by atoms with E-state index in [1.54, 1.807) is 19.0 Å². The van der Waals surface area contributed by atoms with Gasteiger partial charge in [-0.25, -0.2) is 4.39 Å². The fourth-order valence-electron chi connectivity index (χ4n) is 4.05. The molecule has 0 spiro atoms. The van der Waals surface area contributed by atoms with Gasteiger partial charge in [0.2, 0.25) is 5.91 Å². The first-order valence-electron chi connectivity index (χ1n) is 9.15.